The van der Waals surface area contributed by atoms with Gasteiger partial charge in [0, 0.05) is 17.0 Å². The molecule has 1 aliphatic rings. The zero-order valence-corrected chi connectivity index (χ0v) is 10.7. The number of benzene rings is 1. The third kappa shape index (κ3) is 2.33. The molecule has 2 nitrogen and oxygen atoms in total. The lowest BCUT2D eigenvalue weighted by Gasteiger charge is -2.09. The van der Waals surface area contributed by atoms with E-state index in [4.69, 9.17) is 28.0 Å². The average Bonchev–Trinajstić information content (AvgIpc) is 2.66. The Bertz CT molecular complexity index is 429. The topological polar surface area (TPSA) is 21.6 Å². The van der Waals surface area contributed by atoms with Crippen LogP contribution >= 0.6 is 23.2 Å². The normalized spacial score (nSPS) is 21.5. The maximum Gasteiger partial charge on any atom is 0.149 e. The zero-order valence-electron chi connectivity index (χ0n) is 9.21. The molecule has 2 rings (SSSR count). The first kappa shape index (κ1) is 11.7. The van der Waals surface area contributed by atoms with Crippen LogP contribution in [0.4, 0.5) is 0 Å². The van der Waals surface area contributed by atoms with Gasteiger partial charge in [0.2, 0.25) is 0 Å². The average molecular weight is 258 g/mol. The number of rotatable bonds is 2. The van der Waals surface area contributed by atoms with Crippen LogP contribution in [0.15, 0.2) is 23.4 Å². The van der Waals surface area contributed by atoms with E-state index >= 15 is 0 Å². The third-order valence-corrected chi connectivity index (χ3v) is 3.22. The zero-order chi connectivity index (χ0) is 11.7. The van der Waals surface area contributed by atoms with E-state index in [2.05, 4.69) is 5.16 Å². The van der Waals surface area contributed by atoms with Crippen molar-refractivity contribution in [2.75, 3.05) is 0 Å². The fourth-order valence-electron chi connectivity index (χ4n) is 1.75. The lowest BCUT2D eigenvalue weighted by molar-refractivity contribution is 0.0855. The van der Waals surface area contributed by atoms with Gasteiger partial charge in [-0.1, -0.05) is 22.8 Å². The van der Waals surface area contributed by atoms with Gasteiger partial charge in [-0.05, 0) is 31.5 Å². The first-order valence-corrected chi connectivity index (χ1v) is 6.02. The van der Waals surface area contributed by atoms with E-state index in [1.165, 1.54) is 0 Å². The summed E-state index contributed by atoms with van der Waals surface area (Å²) < 4.78 is 0. The van der Waals surface area contributed by atoms with E-state index in [1.807, 2.05) is 32.0 Å². The van der Waals surface area contributed by atoms with Crippen LogP contribution in [0.2, 0.25) is 5.02 Å². The molecule has 1 heterocycles. The highest BCUT2D eigenvalue weighted by Gasteiger charge is 2.26. The molecule has 0 amide bonds. The second-order valence-corrected chi connectivity index (χ2v) is 5.15. The van der Waals surface area contributed by atoms with Gasteiger partial charge in [-0.15, -0.1) is 11.6 Å². The molecule has 4 heteroatoms. The molecule has 2 atom stereocenters. The Balaban J connectivity index is 2.21. The van der Waals surface area contributed by atoms with Crippen molar-refractivity contribution in [1.82, 2.24) is 0 Å². The molecule has 0 radical (unpaired) electrons. The van der Waals surface area contributed by atoms with Crippen LogP contribution < -0.4 is 0 Å². The van der Waals surface area contributed by atoms with Crippen molar-refractivity contribution in [3.8, 4) is 0 Å². The number of nitrogens with zero attached hydrogens (tertiary/aromatic N) is 1. The molecule has 1 aromatic carbocycles. The largest absolute Gasteiger partial charge is 0.390 e. The Morgan fingerprint density at radius 1 is 1.50 bits per heavy atom. The predicted octanol–water partition coefficient (Wildman–Crippen LogP) is 3.77. The Hall–Kier alpha value is -0.730. The molecular weight excluding hydrogens is 245 g/mol. The summed E-state index contributed by atoms with van der Waals surface area (Å²) in [7, 11) is 0. The van der Waals surface area contributed by atoms with Gasteiger partial charge in [0.25, 0.3) is 0 Å². The molecular formula is C12H13Cl2NO. The summed E-state index contributed by atoms with van der Waals surface area (Å²) in [5, 5.41) is 4.79. The molecule has 0 N–H and O–H groups in total. The van der Waals surface area contributed by atoms with Crippen molar-refractivity contribution in [2.24, 2.45) is 5.16 Å². The summed E-state index contributed by atoms with van der Waals surface area (Å²) in [6.45, 7) is 3.93. The van der Waals surface area contributed by atoms with Crippen molar-refractivity contribution < 1.29 is 4.84 Å². The summed E-state index contributed by atoms with van der Waals surface area (Å²) >= 11 is 11.9. The van der Waals surface area contributed by atoms with Gasteiger partial charge >= 0.3 is 0 Å². The standard InChI is InChI=1S/C12H13Cl2NO/c1-7-5-9(14)3-4-10(7)11-6-12(8(2)13)16-15-11/h3-5,8,12H,6H2,1-2H3. The fourth-order valence-corrected chi connectivity index (χ4v) is 2.11. The molecule has 1 aromatic rings. The predicted molar refractivity (Wildman–Crippen MR) is 67.5 cm³/mol. The number of hydrogen-bond acceptors (Lipinski definition) is 2. The Kier molecular flexibility index (Phi) is 3.41. The van der Waals surface area contributed by atoms with E-state index in [0.29, 0.717) is 0 Å². The number of halogens is 2. The fraction of sp³-hybridized carbons (Fsp3) is 0.417. The molecule has 0 aromatic heterocycles. The van der Waals surface area contributed by atoms with Gasteiger partial charge in [-0.2, -0.15) is 0 Å². The van der Waals surface area contributed by atoms with Crippen molar-refractivity contribution in [3.05, 3.63) is 34.3 Å². The molecule has 1 aliphatic heterocycles. The Labute approximate surface area is 105 Å². The first-order chi connectivity index (χ1) is 7.58. The van der Waals surface area contributed by atoms with Crippen LogP contribution in [0, 0.1) is 6.92 Å². The van der Waals surface area contributed by atoms with Gasteiger partial charge < -0.3 is 4.84 Å². The van der Waals surface area contributed by atoms with Gasteiger partial charge in [0.05, 0.1) is 11.1 Å². The number of alkyl halides is 1. The first-order valence-electron chi connectivity index (χ1n) is 5.21. The number of oxime groups is 1. The second-order valence-electron chi connectivity index (χ2n) is 4.02. The quantitative estimate of drug-likeness (QED) is 0.740. The summed E-state index contributed by atoms with van der Waals surface area (Å²) in [6.07, 6.45) is 0.736. The molecule has 0 bridgehead atoms. The molecule has 0 saturated heterocycles. The van der Waals surface area contributed by atoms with Crippen LogP contribution in [0.25, 0.3) is 0 Å². The minimum atomic E-state index is -0.0335. The highest BCUT2D eigenvalue weighted by atomic mass is 35.5. The monoisotopic (exact) mass is 257 g/mol. The summed E-state index contributed by atoms with van der Waals surface area (Å²) in [4.78, 5) is 5.29. The van der Waals surface area contributed by atoms with Crippen LogP contribution in [-0.4, -0.2) is 17.2 Å². The van der Waals surface area contributed by atoms with Crippen molar-refractivity contribution in [3.63, 3.8) is 0 Å². The molecule has 16 heavy (non-hydrogen) atoms. The highest BCUT2D eigenvalue weighted by Crippen LogP contribution is 2.24. The van der Waals surface area contributed by atoms with Crippen LogP contribution in [0.3, 0.4) is 0 Å². The van der Waals surface area contributed by atoms with Crippen molar-refractivity contribution in [2.45, 2.75) is 31.7 Å². The maximum atomic E-state index is 5.98. The number of aryl methyl sites for hydroxylation is 1. The van der Waals surface area contributed by atoms with Gasteiger partial charge in [0.1, 0.15) is 6.10 Å². The smallest absolute Gasteiger partial charge is 0.149 e. The van der Waals surface area contributed by atoms with Gasteiger partial charge in [-0.3, -0.25) is 0 Å². The molecule has 0 aliphatic carbocycles. The minimum Gasteiger partial charge on any atom is -0.390 e. The summed E-state index contributed by atoms with van der Waals surface area (Å²) in [6, 6.07) is 5.77. The van der Waals surface area contributed by atoms with Crippen LogP contribution in [0.5, 0.6) is 0 Å². The summed E-state index contributed by atoms with van der Waals surface area (Å²) in [5.41, 5.74) is 3.15. The molecule has 0 fully saturated rings. The van der Waals surface area contributed by atoms with Gasteiger partial charge in [0.15, 0.2) is 0 Å². The minimum absolute atomic E-state index is 0.0215. The lowest BCUT2D eigenvalue weighted by Crippen LogP contribution is -2.18. The van der Waals surface area contributed by atoms with Crippen molar-refractivity contribution >= 4 is 28.9 Å². The van der Waals surface area contributed by atoms with Gasteiger partial charge in [-0.25, -0.2) is 0 Å². The summed E-state index contributed by atoms with van der Waals surface area (Å²) in [5.74, 6) is 0. The maximum absolute atomic E-state index is 5.98. The van der Waals surface area contributed by atoms with E-state index in [9.17, 15) is 0 Å². The molecule has 0 spiro atoms. The van der Waals surface area contributed by atoms with Crippen LogP contribution in [-0.2, 0) is 4.84 Å². The van der Waals surface area contributed by atoms with Crippen LogP contribution in [0.1, 0.15) is 24.5 Å². The Morgan fingerprint density at radius 3 is 2.81 bits per heavy atom. The van der Waals surface area contributed by atoms with E-state index in [-0.39, 0.29) is 11.5 Å². The lowest BCUT2D eigenvalue weighted by atomic mass is 9.99. The number of hydrogen-bond donors (Lipinski definition) is 0. The SMILES string of the molecule is Cc1cc(Cl)ccc1C1=NOC(C(C)Cl)C1. The highest BCUT2D eigenvalue weighted by molar-refractivity contribution is 6.30. The Morgan fingerprint density at radius 2 is 2.25 bits per heavy atom. The molecule has 2 unspecified atom stereocenters. The van der Waals surface area contributed by atoms with E-state index in [1.54, 1.807) is 0 Å². The molecule has 86 valence electrons. The second kappa shape index (κ2) is 4.64. The molecule has 0 saturated carbocycles. The van der Waals surface area contributed by atoms with E-state index < -0.39 is 0 Å². The van der Waals surface area contributed by atoms with E-state index in [0.717, 1.165) is 28.3 Å². The third-order valence-electron chi connectivity index (χ3n) is 2.70. The van der Waals surface area contributed by atoms with Crippen molar-refractivity contribution in [1.29, 1.82) is 0 Å².